The number of anilines is 1. The van der Waals surface area contributed by atoms with E-state index in [0.717, 1.165) is 0 Å². The van der Waals surface area contributed by atoms with Crippen LogP contribution >= 0.6 is 11.3 Å². The lowest BCUT2D eigenvalue weighted by Gasteiger charge is -2.08. The lowest BCUT2D eigenvalue weighted by molar-refractivity contribution is 0.256. The van der Waals surface area contributed by atoms with Crippen LogP contribution in [0.1, 0.15) is 5.69 Å². The summed E-state index contributed by atoms with van der Waals surface area (Å²) in [6.07, 6.45) is 0. The number of nitrogens with one attached hydrogen (secondary N) is 2. The van der Waals surface area contributed by atoms with E-state index in [1.165, 1.54) is 29.9 Å². The van der Waals surface area contributed by atoms with Crippen LogP contribution in [0.2, 0.25) is 0 Å². The molecule has 0 atom stereocenters. The normalized spacial score (nSPS) is 11.0. The highest BCUT2D eigenvalue weighted by Crippen LogP contribution is 2.13. The molecular formula is C11H12N4O4S2. The molecule has 21 heavy (non-hydrogen) atoms. The second-order valence-electron chi connectivity index (χ2n) is 3.89. The Kier molecular flexibility index (Phi) is 4.38. The fraction of sp³-hybridized carbons (Fsp3) is 0.182. The van der Waals surface area contributed by atoms with Gasteiger partial charge in [-0.1, -0.05) is 0 Å². The van der Waals surface area contributed by atoms with Crippen molar-refractivity contribution in [2.24, 2.45) is 0 Å². The highest BCUT2D eigenvalue weighted by atomic mass is 32.2. The van der Waals surface area contributed by atoms with Crippen molar-refractivity contribution in [1.29, 1.82) is 0 Å². The molecular weight excluding hydrogens is 316 g/mol. The van der Waals surface area contributed by atoms with Crippen molar-refractivity contribution in [2.75, 3.05) is 12.4 Å². The van der Waals surface area contributed by atoms with Crippen LogP contribution in [-0.4, -0.2) is 31.5 Å². The van der Waals surface area contributed by atoms with E-state index in [0.29, 0.717) is 5.69 Å². The molecule has 0 spiro atoms. The molecule has 2 amide bonds. The molecule has 0 unspecified atom stereocenters. The van der Waals surface area contributed by atoms with Gasteiger partial charge in [0, 0.05) is 17.1 Å². The summed E-state index contributed by atoms with van der Waals surface area (Å²) in [7, 11) is -2.48. The summed E-state index contributed by atoms with van der Waals surface area (Å²) in [6, 6.07) is 2.02. The van der Waals surface area contributed by atoms with Crippen molar-refractivity contribution in [3.63, 3.8) is 0 Å². The lowest BCUT2D eigenvalue weighted by Crippen LogP contribution is -2.34. The Morgan fingerprint density at radius 1 is 1.38 bits per heavy atom. The number of aryl methyl sites for hydroxylation is 1. The Labute approximate surface area is 125 Å². The van der Waals surface area contributed by atoms with Crippen molar-refractivity contribution in [3.8, 4) is 5.88 Å². The summed E-state index contributed by atoms with van der Waals surface area (Å²) < 4.78 is 30.5. The molecule has 0 aliphatic carbocycles. The van der Waals surface area contributed by atoms with E-state index < -0.39 is 16.1 Å². The number of ether oxygens (including phenoxy) is 1. The van der Waals surface area contributed by atoms with E-state index in [-0.39, 0.29) is 16.7 Å². The predicted octanol–water partition coefficient (Wildman–Crippen LogP) is 1.37. The molecule has 8 nitrogen and oxygen atoms in total. The van der Waals surface area contributed by atoms with E-state index in [2.05, 4.69) is 15.3 Å². The van der Waals surface area contributed by atoms with Gasteiger partial charge in [-0.25, -0.2) is 22.9 Å². The minimum Gasteiger partial charge on any atom is -0.481 e. The second-order valence-corrected chi connectivity index (χ2v) is 6.36. The summed E-state index contributed by atoms with van der Waals surface area (Å²) >= 11 is 1.21. The van der Waals surface area contributed by atoms with Gasteiger partial charge in [0.2, 0.25) is 11.8 Å². The fourth-order valence-corrected chi connectivity index (χ4v) is 3.35. The molecule has 2 heterocycles. The summed E-state index contributed by atoms with van der Waals surface area (Å²) in [5, 5.41) is 5.26. The van der Waals surface area contributed by atoms with Crippen LogP contribution < -0.4 is 14.8 Å². The number of hydrogen-bond acceptors (Lipinski definition) is 7. The SMILES string of the molecule is COc1cc(C)nc(NC(=O)NS(=O)(=O)c2ccsc2)n1. The number of methoxy groups -OCH3 is 1. The van der Waals surface area contributed by atoms with Gasteiger partial charge in [0.1, 0.15) is 0 Å². The average Bonchev–Trinajstić information content (AvgIpc) is 2.91. The summed E-state index contributed by atoms with van der Waals surface area (Å²) in [6.45, 7) is 1.69. The third-order valence-corrected chi connectivity index (χ3v) is 4.46. The molecule has 2 aromatic rings. The van der Waals surface area contributed by atoms with Crippen molar-refractivity contribution in [3.05, 3.63) is 28.6 Å². The molecule has 10 heteroatoms. The van der Waals surface area contributed by atoms with Crippen molar-refractivity contribution in [2.45, 2.75) is 11.8 Å². The molecule has 0 aliphatic heterocycles. The highest BCUT2D eigenvalue weighted by molar-refractivity contribution is 7.90. The first-order valence-electron chi connectivity index (χ1n) is 5.66. The Balaban J connectivity index is 2.10. The average molecular weight is 328 g/mol. The predicted molar refractivity (Wildman–Crippen MR) is 77.0 cm³/mol. The Hall–Kier alpha value is -2.20. The number of thiophene rings is 1. The van der Waals surface area contributed by atoms with Crippen LogP contribution in [0.5, 0.6) is 5.88 Å². The van der Waals surface area contributed by atoms with Crippen LogP contribution in [0.3, 0.4) is 0 Å². The first kappa shape index (κ1) is 15.2. The quantitative estimate of drug-likeness (QED) is 0.877. The third-order valence-electron chi connectivity index (χ3n) is 2.30. The minimum absolute atomic E-state index is 0.0189. The molecule has 0 saturated carbocycles. The maximum absolute atomic E-state index is 11.9. The van der Waals surface area contributed by atoms with E-state index in [1.54, 1.807) is 18.4 Å². The molecule has 0 radical (unpaired) electrons. The molecule has 2 aromatic heterocycles. The Bertz CT molecular complexity index is 744. The zero-order chi connectivity index (χ0) is 15.5. The number of sulfonamides is 1. The monoisotopic (exact) mass is 328 g/mol. The van der Waals surface area contributed by atoms with Gasteiger partial charge in [0.05, 0.1) is 12.0 Å². The van der Waals surface area contributed by atoms with Gasteiger partial charge in [0.15, 0.2) is 0 Å². The van der Waals surface area contributed by atoms with Gasteiger partial charge in [-0.2, -0.15) is 16.3 Å². The topological polar surface area (TPSA) is 110 Å². The lowest BCUT2D eigenvalue weighted by atomic mass is 10.4. The standard InChI is InChI=1S/C11H12N4O4S2/c1-7-5-9(19-2)13-10(12-7)14-11(16)15-21(17,18)8-3-4-20-6-8/h3-6H,1-2H3,(H2,12,13,14,15,16). The van der Waals surface area contributed by atoms with Crippen molar-refractivity contribution in [1.82, 2.24) is 14.7 Å². The third kappa shape index (κ3) is 3.89. The number of carbonyl (C=O) groups is 1. The highest BCUT2D eigenvalue weighted by Gasteiger charge is 2.18. The van der Waals surface area contributed by atoms with Gasteiger partial charge in [-0.3, -0.25) is 5.32 Å². The summed E-state index contributed by atoms with van der Waals surface area (Å²) in [5.74, 6) is 0.211. The molecule has 2 rings (SSSR count). The molecule has 2 N–H and O–H groups in total. The van der Waals surface area contributed by atoms with E-state index in [9.17, 15) is 13.2 Å². The van der Waals surface area contributed by atoms with Gasteiger partial charge >= 0.3 is 6.03 Å². The zero-order valence-electron chi connectivity index (χ0n) is 11.2. The molecule has 0 aromatic carbocycles. The number of urea groups is 1. The Morgan fingerprint density at radius 3 is 2.76 bits per heavy atom. The fourth-order valence-electron chi connectivity index (χ4n) is 1.41. The van der Waals surface area contributed by atoms with Gasteiger partial charge in [-0.05, 0) is 18.4 Å². The van der Waals surface area contributed by atoms with Gasteiger partial charge in [-0.15, -0.1) is 0 Å². The van der Waals surface area contributed by atoms with Crippen LogP contribution in [0.15, 0.2) is 27.8 Å². The number of rotatable bonds is 4. The van der Waals surface area contributed by atoms with Crippen LogP contribution in [0.25, 0.3) is 0 Å². The van der Waals surface area contributed by atoms with Gasteiger partial charge in [0.25, 0.3) is 10.0 Å². The molecule has 0 aliphatic rings. The maximum atomic E-state index is 11.9. The molecule has 0 saturated heterocycles. The minimum atomic E-state index is -3.90. The first-order valence-corrected chi connectivity index (χ1v) is 8.09. The molecule has 0 fully saturated rings. The number of amides is 2. The largest absolute Gasteiger partial charge is 0.481 e. The van der Waals surface area contributed by atoms with Gasteiger partial charge < -0.3 is 4.74 Å². The van der Waals surface area contributed by atoms with Crippen molar-refractivity contribution >= 4 is 33.3 Å². The number of hydrogen-bond donors (Lipinski definition) is 2. The Morgan fingerprint density at radius 2 is 2.14 bits per heavy atom. The van der Waals surface area contributed by atoms with Crippen LogP contribution in [0.4, 0.5) is 10.7 Å². The first-order chi connectivity index (χ1) is 9.90. The second kappa shape index (κ2) is 6.06. The zero-order valence-corrected chi connectivity index (χ0v) is 12.8. The number of carbonyl (C=O) groups excluding carboxylic acids is 1. The molecule has 112 valence electrons. The maximum Gasteiger partial charge on any atom is 0.335 e. The van der Waals surface area contributed by atoms with Crippen LogP contribution in [0, 0.1) is 6.92 Å². The number of aromatic nitrogens is 2. The van der Waals surface area contributed by atoms with E-state index in [1.807, 2.05) is 4.72 Å². The smallest absolute Gasteiger partial charge is 0.335 e. The van der Waals surface area contributed by atoms with Crippen molar-refractivity contribution < 1.29 is 17.9 Å². The summed E-state index contributed by atoms with van der Waals surface area (Å²) in [4.78, 5) is 19.6. The number of nitrogens with zero attached hydrogens (tertiary/aromatic N) is 2. The summed E-state index contributed by atoms with van der Waals surface area (Å²) in [5.41, 5.74) is 0.567. The van der Waals surface area contributed by atoms with E-state index >= 15 is 0 Å². The van der Waals surface area contributed by atoms with Crippen LogP contribution in [-0.2, 0) is 10.0 Å². The molecule has 0 bridgehead atoms. The van der Waals surface area contributed by atoms with E-state index in [4.69, 9.17) is 4.74 Å².